The molecule has 0 atom stereocenters. The third-order valence-corrected chi connectivity index (χ3v) is 3.51. The van der Waals surface area contributed by atoms with Gasteiger partial charge in [0, 0.05) is 0 Å². The van der Waals surface area contributed by atoms with Gasteiger partial charge in [0.05, 0.1) is 8.04 Å². The zero-order valence-electron chi connectivity index (χ0n) is 7.31. The molecule has 0 amide bonds. The molecule has 7 heteroatoms. The molecule has 0 spiro atoms. The van der Waals surface area contributed by atoms with Gasteiger partial charge in [-0.2, -0.15) is 0 Å². The summed E-state index contributed by atoms with van der Waals surface area (Å²) in [6, 6.07) is 5.14. The van der Waals surface area contributed by atoms with Crippen molar-refractivity contribution in [1.29, 1.82) is 0 Å². The van der Waals surface area contributed by atoms with E-state index in [4.69, 9.17) is 4.18 Å². The van der Waals surface area contributed by atoms with Gasteiger partial charge in [0.2, 0.25) is 0 Å². The third kappa shape index (κ3) is 3.65. The lowest BCUT2D eigenvalue weighted by Gasteiger charge is -2.08. The van der Waals surface area contributed by atoms with E-state index in [2.05, 4.69) is 26.7 Å². The van der Waals surface area contributed by atoms with Gasteiger partial charge in [-0.25, -0.2) is 0 Å². The highest BCUT2D eigenvalue weighted by molar-refractivity contribution is 14.1. The van der Waals surface area contributed by atoms with Crippen molar-refractivity contribution >= 4 is 48.9 Å². The second-order valence-corrected chi connectivity index (χ2v) is 5.50. The molecule has 0 aromatic heterocycles. The predicted molar refractivity (Wildman–Crippen MR) is 67.7 cm³/mol. The highest BCUT2D eigenvalue weighted by Crippen LogP contribution is 2.31. The Morgan fingerprint density at radius 1 is 1.47 bits per heavy atom. The Hall–Kier alpha value is -0.280. The molecule has 0 N–H and O–H groups in total. The lowest BCUT2D eigenvalue weighted by atomic mass is 10.3. The highest BCUT2D eigenvalue weighted by atomic mass is 127. The van der Waals surface area contributed by atoms with E-state index >= 15 is 0 Å². The predicted octanol–water partition coefficient (Wildman–Crippen LogP) is 2.84. The van der Waals surface area contributed by atoms with E-state index in [1.54, 1.807) is 18.2 Å². The second kappa shape index (κ2) is 5.17. The number of hydrogen-bond acceptors (Lipinski definition) is 4. The van der Waals surface area contributed by atoms with Gasteiger partial charge in [0.25, 0.3) is 0 Å². The first kappa shape index (κ1) is 12.8. The maximum atomic E-state index is 11.2. The van der Waals surface area contributed by atoms with Crippen LogP contribution >= 0.6 is 38.5 Å². The maximum absolute atomic E-state index is 11.2. The normalized spacial score (nSPS) is 10.8. The van der Waals surface area contributed by atoms with Gasteiger partial charge in [-0.15, -0.1) is 8.42 Å². The number of halogens is 2. The molecule has 0 unspecified atom stereocenters. The molecule has 0 aliphatic heterocycles. The number of para-hydroxylation sites is 1. The first-order valence-corrected chi connectivity index (χ1v) is 6.84. The van der Waals surface area contributed by atoms with E-state index in [0.717, 1.165) is 6.26 Å². The Kier molecular flexibility index (Phi) is 4.41. The van der Waals surface area contributed by atoms with Gasteiger partial charge in [0.15, 0.2) is 5.75 Å². The quantitative estimate of drug-likeness (QED) is 0.572. The van der Waals surface area contributed by atoms with Crippen LogP contribution < -0.4 is 4.18 Å². The molecular formula is C8H6BrIO4S. The van der Waals surface area contributed by atoms with E-state index in [9.17, 15) is 8.42 Å². The molecule has 15 heavy (non-hydrogen) atoms. The fourth-order valence-corrected chi connectivity index (χ4v) is 3.04. The van der Waals surface area contributed by atoms with Crippen LogP contribution in [-0.2, 0) is 14.6 Å². The average molecular weight is 405 g/mol. The maximum Gasteiger partial charge on any atom is 0.500 e. The highest BCUT2D eigenvalue weighted by Gasteiger charge is 2.17. The van der Waals surface area contributed by atoms with Crippen molar-refractivity contribution in [2.45, 2.75) is 0 Å². The molecule has 0 saturated heterocycles. The van der Waals surface area contributed by atoms with E-state index < -0.39 is 10.4 Å². The number of rotatable bonds is 4. The monoisotopic (exact) mass is 404 g/mol. The summed E-state index contributed by atoms with van der Waals surface area (Å²) in [6.45, 7) is 3.14. The summed E-state index contributed by atoms with van der Waals surface area (Å²) in [4.78, 5) is 0. The molecular weight excluding hydrogens is 399 g/mol. The van der Waals surface area contributed by atoms with Crippen molar-refractivity contribution in [3.8, 4) is 5.75 Å². The average Bonchev–Trinajstić information content (AvgIpc) is 2.11. The van der Waals surface area contributed by atoms with E-state index in [-0.39, 0.29) is 5.75 Å². The standard InChI is InChI=1S/C8H6BrIO4S/c1-2-13-15(11,12)14-8-6(9)4-3-5-7(8)10/h2-5H,1H2. The van der Waals surface area contributed by atoms with Crippen molar-refractivity contribution < 1.29 is 16.8 Å². The molecule has 0 aliphatic rings. The summed E-state index contributed by atoms with van der Waals surface area (Å²) in [6.07, 6.45) is 0.791. The van der Waals surface area contributed by atoms with Gasteiger partial charge >= 0.3 is 10.4 Å². The molecule has 1 aromatic rings. The lowest BCUT2D eigenvalue weighted by molar-refractivity contribution is 0.361. The summed E-state index contributed by atoms with van der Waals surface area (Å²) in [5, 5.41) is 0. The van der Waals surface area contributed by atoms with Crippen molar-refractivity contribution in [3.63, 3.8) is 0 Å². The first-order chi connectivity index (χ1) is 6.96. The summed E-state index contributed by atoms with van der Waals surface area (Å²) < 4.78 is 32.5. The van der Waals surface area contributed by atoms with Gasteiger partial charge in [0.1, 0.15) is 6.26 Å². The molecule has 0 aliphatic carbocycles. The van der Waals surface area contributed by atoms with Crippen LogP contribution in [0.4, 0.5) is 0 Å². The molecule has 0 radical (unpaired) electrons. The van der Waals surface area contributed by atoms with Crippen LogP contribution in [0.2, 0.25) is 0 Å². The van der Waals surface area contributed by atoms with Crippen LogP contribution in [0.5, 0.6) is 5.75 Å². The molecule has 0 heterocycles. The van der Waals surface area contributed by atoms with E-state index in [0.29, 0.717) is 8.04 Å². The van der Waals surface area contributed by atoms with Crippen LogP contribution in [0.1, 0.15) is 0 Å². The van der Waals surface area contributed by atoms with Gasteiger partial charge in [-0.1, -0.05) is 12.6 Å². The number of benzene rings is 1. The second-order valence-electron chi connectivity index (χ2n) is 2.31. The molecule has 0 bridgehead atoms. The van der Waals surface area contributed by atoms with Crippen molar-refractivity contribution in [2.75, 3.05) is 0 Å². The van der Waals surface area contributed by atoms with E-state index in [1.807, 2.05) is 22.6 Å². The van der Waals surface area contributed by atoms with E-state index in [1.165, 1.54) is 0 Å². The molecule has 82 valence electrons. The van der Waals surface area contributed by atoms with Crippen LogP contribution in [0.15, 0.2) is 35.5 Å². The van der Waals surface area contributed by atoms with Gasteiger partial charge < -0.3 is 8.37 Å². The Morgan fingerprint density at radius 2 is 2.13 bits per heavy atom. The Bertz CT molecular complexity index is 451. The smallest absolute Gasteiger partial charge is 0.361 e. The van der Waals surface area contributed by atoms with Gasteiger partial charge in [-0.05, 0) is 50.7 Å². The summed E-state index contributed by atoms with van der Waals surface area (Å²) in [5.41, 5.74) is 0. The summed E-state index contributed by atoms with van der Waals surface area (Å²) >= 11 is 5.13. The van der Waals surface area contributed by atoms with Gasteiger partial charge in [-0.3, -0.25) is 0 Å². The molecule has 1 rings (SSSR count). The minimum atomic E-state index is -4.08. The zero-order chi connectivity index (χ0) is 11.5. The Labute approximate surface area is 110 Å². The lowest BCUT2D eigenvalue weighted by Crippen LogP contribution is -2.11. The molecule has 0 saturated carbocycles. The van der Waals surface area contributed by atoms with Crippen molar-refractivity contribution in [1.82, 2.24) is 0 Å². The first-order valence-electron chi connectivity index (χ1n) is 3.64. The van der Waals surface area contributed by atoms with Crippen LogP contribution in [0.3, 0.4) is 0 Å². The molecule has 1 aromatic carbocycles. The van der Waals surface area contributed by atoms with Crippen molar-refractivity contribution in [2.24, 2.45) is 0 Å². The Morgan fingerprint density at radius 3 is 2.67 bits per heavy atom. The zero-order valence-corrected chi connectivity index (χ0v) is 11.9. The third-order valence-electron chi connectivity index (χ3n) is 1.29. The van der Waals surface area contributed by atoms with Crippen LogP contribution in [-0.4, -0.2) is 8.42 Å². The van der Waals surface area contributed by atoms with Crippen LogP contribution in [0.25, 0.3) is 0 Å². The topological polar surface area (TPSA) is 52.6 Å². The fraction of sp³-hybridized carbons (Fsp3) is 0. The minimum absolute atomic E-state index is 0.194. The number of hydrogen-bond donors (Lipinski definition) is 0. The van der Waals surface area contributed by atoms with Crippen LogP contribution in [0, 0.1) is 3.57 Å². The largest absolute Gasteiger partial charge is 0.500 e. The molecule has 4 nitrogen and oxygen atoms in total. The SMILES string of the molecule is C=COS(=O)(=O)Oc1c(Br)cccc1I. The molecule has 0 fully saturated rings. The summed E-state index contributed by atoms with van der Waals surface area (Å²) in [5.74, 6) is 0.194. The summed E-state index contributed by atoms with van der Waals surface area (Å²) in [7, 11) is -4.08. The minimum Gasteiger partial charge on any atom is -0.361 e. The van der Waals surface area contributed by atoms with Crippen molar-refractivity contribution in [3.05, 3.63) is 39.1 Å². The fourth-order valence-electron chi connectivity index (χ4n) is 0.767. The Balaban J connectivity index is 3.04.